The molecule has 0 saturated heterocycles. The molecule has 0 aliphatic rings. The SMILES string of the molecule is Cc1sc2nc(CN(C)C(C)C(=O)O)[nH]c(=O)c2c1C. The van der Waals surface area contributed by atoms with Crippen LogP contribution < -0.4 is 5.56 Å². The van der Waals surface area contributed by atoms with Gasteiger partial charge in [-0.2, -0.15) is 0 Å². The van der Waals surface area contributed by atoms with E-state index in [2.05, 4.69) is 9.97 Å². The van der Waals surface area contributed by atoms with Crippen LogP contribution in [0, 0.1) is 13.8 Å². The molecule has 1 atom stereocenters. The molecule has 0 fully saturated rings. The summed E-state index contributed by atoms with van der Waals surface area (Å²) in [5.74, 6) is -0.418. The molecule has 0 aliphatic carbocycles. The van der Waals surface area contributed by atoms with Gasteiger partial charge in [-0.1, -0.05) is 0 Å². The van der Waals surface area contributed by atoms with Gasteiger partial charge in [-0.05, 0) is 33.4 Å². The highest BCUT2D eigenvalue weighted by Crippen LogP contribution is 2.25. The number of aromatic amines is 1. The molecule has 0 aliphatic heterocycles. The minimum absolute atomic E-state index is 0.164. The zero-order chi connectivity index (χ0) is 15.0. The zero-order valence-electron chi connectivity index (χ0n) is 11.9. The van der Waals surface area contributed by atoms with E-state index in [1.165, 1.54) is 11.3 Å². The lowest BCUT2D eigenvalue weighted by molar-refractivity contribution is -0.142. The lowest BCUT2D eigenvalue weighted by Gasteiger charge is -2.20. The van der Waals surface area contributed by atoms with Crippen molar-refractivity contribution in [3.8, 4) is 0 Å². The first-order valence-corrected chi connectivity index (χ1v) is 7.05. The molecule has 0 radical (unpaired) electrons. The average molecular weight is 295 g/mol. The topological polar surface area (TPSA) is 86.3 Å². The van der Waals surface area contributed by atoms with E-state index in [1.54, 1.807) is 18.9 Å². The van der Waals surface area contributed by atoms with E-state index in [0.717, 1.165) is 10.4 Å². The summed E-state index contributed by atoms with van der Waals surface area (Å²) < 4.78 is 0. The van der Waals surface area contributed by atoms with Gasteiger partial charge >= 0.3 is 5.97 Å². The van der Waals surface area contributed by atoms with Crippen molar-refractivity contribution < 1.29 is 9.90 Å². The number of carboxylic acids is 1. The van der Waals surface area contributed by atoms with Gasteiger partial charge in [0.25, 0.3) is 5.56 Å². The van der Waals surface area contributed by atoms with Crippen molar-refractivity contribution >= 4 is 27.5 Å². The van der Waals surface area contributed by atoms with Gasteiger partial charge in [-0.15, -0.1) is 11.3 Å². The molecule has 7 heteroatoms. The Hall–Kier alpha value is -1.73. The average Bonchev–Trinajstić information content (AvgIpc) is 2.64. The van der Waals surface area contributed by atoms with Gasteiger partial charge in [0.05, 0.1) is 11.9 Å². The van der Waals surface area contributed by atoms with Crippen molar-refractivity contribution in [1.29, 1.82) is 0 Å². The van der Waals surface area contributed by atoms with E-state index in [1.807, 2.05) is 13.8 Å². The Morgan fingerprint density at radius 1 is 1.50 bits per heavy atom. The van der Waals surface area contributed by atoms with Crippen molar-refractivity contribution in [2.75, 3.05) is 7.05 Å². The van der Waals surface area contributed by atoms with E-state index in [0.29, 0.717) is 16.0 Å². The van der Waals surface area contributed by atoms with Gasteiger partial charge < -0.3 is 10.1 Å². The van der Waals surface area contributed by atoms with Gasteiger partial charge in [0, 0.05) is 4.88 Å². The van der Waals surface area contributed by atoms with Crippen LogP contribution in [0.4, 0.5) is 0 Å². The van der Waals surface area contributed by atoms with Crippen LogP contribution in [-0.4, -0.2) is 39.0 Å². The standard InChI is InChI=1S/C13H17N3O3S/c1-6-8(3)20-12-10(6)11(17)14-9(15-12)5-16(4)7(2)13(18)19/h7H,5H2,1-4H3,(H,18,19)(H,14,15,17). The summed E-state index contributed by atoms with van der Waals surface area (Å²) in [6.45, 7) is 5.75. The smallest absolute Gasteiger partial charge is 0.320 e. The fourth-order valence-electron chi connectivity index (χ4n) is 1.94. The van der Waals surface area contributed by atoms with Crippen molar-refractivity contribution in [3.05, 3.63) is 26.6 Å². The number of H-pyrrole nitrogens is 1. The predicted molar refractivity (Wildman–Crippen MR) is 78.3 cm³/mol. The molecule has 108 valence electrons. The molecule has 2 aromatic heterocycles. The largest absolute Gasteiger partial charge is 0.480 e. The van der Waals surface area contributed by atoms with E-state index in [4.69, 9.17) is 5.11 Å². The lowest BCUT2D eigenvalue weighted by atomic mass is 10.2. The number of likely N-dealkylation sites (N-methyl/N-ethyl adjacent to an activating group) is 1. The van der Waals surface area contributed by atoms with Crippen LogP contribution in [0.5, 0.6) is 0 Å². The van der Waals surface area contributed by atoms with Crippen molar-refractivity contribution in [3.63, 3.8) is 0 Å². The lowest BCUT2D eigenvalue weighted by Crippen LogP contribution is -2.36. The number of thiophene rings is 1. The number of carbonyl (C=O) groups is 1. The number of rotatable bonds is 4. The van der Waals surface area contributed by atoms with Crippen LogP contribution in [-0.2, 0) is 11.3 Å². The summed E-state index contributed by atoms with van der Waals surface area (Å²) in [5.41, 5.74) is 0.792. The highest BCUT2D eigenvalue weighted by atomic mass is 32.1. The summed E-state index contributed by atoms with van der Waals surface area (Å²) in [6, 6.07) is -0.636. The Morgan fingerprint density at radius 3 is 2.75 bits per heavy atom. The maximum Gasteiger partial charge on any atom is 0.320 e. The Labute approximate surface area is 120 Å². The predicted octanol–water partition coefficient (Wildman–Crippen LogP) is 1.51. The van der Waals surface area contributed by atoms with E-state index >= 15 is 0 Å². The van der Waals surface area contributed by atoms with E-state index in [9.17, 15) is 9.59 Å². The zero-order valence-corrected chi connectivity index (χ0v) is 12.7. The normalized spacial score (nSPS) is 13.1. The van der Waals surface area contributed by atoms with Crippen LogP contribution in [0.2, 0.25) is 0 Å². The second kappa shape index (κ2) is 5.34. The Balaban J connectivity index is 2.37. The molecule has 1 unspecified atom stereocenters. The Morgan fingerprint density at radius 2 is 2.15 bits per heavy atom. The summed E-state index contributed by atoms with van der Waals surface area (Å²) >= 11 is 1.48. The third-order valence-electron chi connectivity index (χ3n) is 3.51. The van der Waals surface area contributed by atoms with Crippen LogP contribution in [0.1, 0.15) is 23.2 Å². The molecular formula is C13H17N3O3S. The number of aliphatic carboxylic acids is 1. The number of carboxylic acid groups (broad SMARTS) is 1. The molecule has 0 saturated carbocycles. The molecule has 0 amide bonds. The summed E-state index contributed by atoms with van der Waals surface area (Å²) in [4.78, 5) is 33.6. The fourth-order valence-corrected chi connectivity index (χ4v) is 2.98. The number of fused-ring (bicyclic) bond motifs is 1. The monoisotopic (exact) mass is 295 g/mol. The quantitative estimate of drug-likeness (QED) is 0.893. The van der Waals surface area contributed by atoms with Gasteiger partial charge in [0.2, 0.25) is 0 Å². The third kappa shape index (κ3) is 2.59. The number of nitrogens with zero attached hydrogens (tertiary/aromatic N) is 2. The first kappa shape index (κ1) is 14.7. The molecule has 2 heterocycles. The summed E-state index contributed by atoms with van der Waals surface area (Å²) in [5, 5.41) is 9.59. The maximum atomic E-state index is 12.1. The molecule has 2 aromatic rings. The number of nitrogens with one attached hydrogen (secondary N) is 1. The van der Waals surface area contributed by atoms with Crippen molar-refractivity contribution in [2.45, 2.75) is 33.4 Å². The minimum Gasteiger partial charge on any atom is -0.480 e. The summed E-state index contributed by atoms with van der Waals surface area (Å²) in [6.07, 6.45) is 0. The number of hydrogen-bond donors (Lipinski definition) is 2. The molecule has 2 rings (SSSR count). The van der Waals surface area contributed by atoms with Gasteiger partial charge in [-0.3, -0.25) is 14.5 Å². The van der Waals surface area contributed by atoms with Crippen LogP contribution in [0.15, 0.2) is 4.79 Å². The van der Waals surface area contributed by atoms with Crippen LogP contribution in [0.3, 0.4) is 0 Å². The van der Waals surface area contributed by atoms with Gasteiger partial charge in [0.1, 0.15) is 16.7 Å². The van der Waals surface area contributed by atoms with Gasteiger partial charge in [0.15, 0.2) is 0 Å². The van der Waals surface area contributed by atoms with E-state index in [-0.39, 0.29) is 12.1 Å². The molecular weight excluding hydrogens is 278 g/mol. The maximum absolute atomic E-state index is 12.1. The second-order valence-electron chi connectivity index (χ2n) is 4.91. The van der Waals surface area contributed by atoms with Crippen molar-refractivity contribution in [2.24, 2.45) is 0 Å². The third-order valence-corrected chi connectivity index (χ3v) is 4.61. The molecule has 0 bridgehead atoms. The second-order valence-corrected chi connectivity index (χ2v) is 6.11. The van der Waals surface area contributed by atoms with Gasteiger partial charge in [-0.25, -0.2) is 4.98 Å². The van der Waals surface area contributed by atoms with Crippen LogP contribution >= 0.6 is 11.3 Å². The van der Waals surface area contributed by atoms with Crippen LogP contribution in [0.25, 0.3) is 10.2 Å². The fraction of sp³-hybridized carbons (Fsp3) is 0.462. The summed E-state index contributed by atoms with van der Waals surface area (Å²) in [7, 11) is 1.69. The molecule has 0 spiro atoms. The molecule has 6 nitrogen and oxygen atoms in total. The number of aromatic nitrogens is 2. The first-order chi connectivity index (χ1) is 9.31. The minimum atomic E-state index is -0.904. The molecule has 0 aromatic carbocycles. The Kier molecular flexibility index (Phi) is 3.92. The highest BCUT2D eigenvalue weighted by Gasteiger charge is 2.18. The first-order valence-electron chi connectivity index (χ1n) is 6.23. The highest BCUT2D eigenvalue weighted by molar-refractivity contribution is 7.18. The molecule has 20 heavy (non-hydrogen) atoms. The van der Waals surface area contributed by atoms with Crippen molar-refractivity contribution in [1.82, 2.24) is 14.9 Å². The Bertz CT molecular complexity index is 719. The van der Waals surface area contributed by atoms with E-state index < -0.39 is 12.0 Å². The number of aryl methyl sites for hydroxylation is 2. The molecule has 2 N–H and O–H groups in total. The number of hydrogen-bond acceptors (Lipinski definition) is 5.